The molecule has 142 valence electrons. The zero-order chi connectivity index (χ0) is 20.0. The van der Waals surface area contributed by atoms with Crippen LogP contribution < -0.4 is 11.5 Å². The number of nitrogens with two attached hydrogens (primary N) is 2. The SMILES string of the molecule is [2H]C1([2H])CC(C)(N)C(CC2CO2)(CC2CO2)C(N)(CC2CO2)C1([2H])CC1CO1. The molecule has 0 aromatic heterocycles. The molecule has 0 aromatic carbocycles. The van der Waals surface area contributed by atoms with Gasteiger partial charge in [-0.15, -0.1) is 0 Å². The highest BCUT2D eigenvalue weighted by Gasteiger charge is 2.66. The minimum atomic E-state index is -1.84. The normalized spacial score (nSPS) is 63.2. The van der Waals surface area contributed by atoms with Gasteiger partial charge in [0.05, 0.1) is 50.8 Å². The summed E-state index contributed by atoms with van der Waals surface area (Å²) in [4.78, 5) is 0. The zero-order valence-electron chi connectivity index (χ0n) is 18.0. The van der Waals surface area contributed by atoms with E-state index in [1.54, 1.807) is 0 Å². The van der Waals surface area contributed by atoms with Gasteiger partial charge in [-0.05, 0) is 51.3 Å². The fraction of sp³-hybridized carbons (Fsp3) is 1.00. The molecule has 0 amide bonds. The van der Waals surface area contributed by atoms with Crippen LogP contribution in [0.25, 0.3) is 0 Å². The standard InChI is InChI=1S/C19H32N2O4/c1-17(20)3-2-12(4-13-8-22-13)19(21,7-16-11-25-16)18(17,5-14-9-23-14)6-15-10-24-15/h12-16H,2-11,20-21H2,1H3/i2D2,12D. The quantitative estimate of drug-likeness (QED) is 0.629. The molecule has 1 saturated carbocycles. The predicted molar refractivity (Wildman–Crippen MR) is 92.1 cm³/mol. The summed E-state index contributed by atoms with van der Waals surface area (Å²) in [6.07, 6.45) is 0.183. The number of ether oxygens (including phenoxy) is 4. The van der Waals surface area contributed by atoms with Crippen LogP contribution in [0.3, 0.4) is 0 Å². The molecule has 5 rings (SSSR count). The second kappa shape index (κ2) is 5.63. The first kappa shape index (κ1) is 13.9. The maximum absolute atomic E-state index is 9.56. The summed E-state index contributed by atoms with van der Waals surface area (Å²) in [7, 11) is 0. The van der Waals surface area contributed by atoms with E-state index in [0.29, 0.717) is 45.7 Å². The van der Waals surface area contributed by atoms with Crippen LogP contribution in [-0.2, 0) is 18.9 Å². The monoisotopic (exact) mass is 355 g/mol. The summed E-state index contributed by atoms with van der Waals surface area (Å²) in [6.45, 7) is 4.43. The smallest absolute Gasteiger partial charge is 0.0827 e. The van der Waals surface area contributed by atoms with Crippen molar-refractivity contribution in [2.45, 2.75) is 80.9 Å². The lowest BCUT2D eigenvalue weighted by Crippen LogP contribution is -2.75. The van der Waals surface area contributed by atoms with Crippen LogP contribution in [0.15, 0.2) is 0 Å². The molecule has 4 heterocycles. The van der Waals surface area contributed by atoms with E-state index in [1.165, 1.54) is 0 Å². The molecule has 7 atom stereocenters. The fourth-order valence-corrected chi connectivity index (χ4v) is 5.01. The number of rotatable bonds is 8. The predicted octanol–water partition coefficient (Wildman–Crippen LogP) is 0.953. The second-order valence-electron chi connectivity index (χ2n) is 8.94. The fourth-order valence-electron chi connectivity index (χ4n) is 5.01. The van der Waals surface area contributed by atoms with Crippen LogP contribution in [0.4, 0.5) is 0 Å². The molecule has 5 fully saturated rings. The summed E-state index contributed by atoms with van der Waals surface area (Å²) in [6, 6.07) is 0. The molecule has 4 aliphatic heterocycles. The van der Waals surface area contributed by atoms with Crippen LogP contribution in [-0.4, -0.2) is 61.9 Å². The molecule has 7 unspecified atom stereocenters. The average Bonchev–Trinajstić information content (AvgIpc) is 3.40. The first-order chi connectivity index (χ1) is 13.0. The highest BCUT2D eigenvalue weighted by Crippen LogP contribution is 2.61. The van der Waals surface area contributed by atoms with Crippen molar-refractivity contribution >= 4 is 0 Å². The maximum Gasteiger partial charge on any atom is 0.0827 e. The Labute approximate surface area is 154 Å². The summed E-state index contributed by atoms with van der Waals surface area (Å²) < 4.78 is 49.5. The van der Waals surface area contributed by atoms with E-state index in [-0.39, 0.29) is 37.3 Å². The zero-order valence-corrected chi connectivity index (χ0v) is 15.0. The van der Waals surface area contributed by atoms with E-state index in [4.69, 9.17) is 33.2 Å². The minimum absolute atomic E-state index is 0.0424. The van der Waals surface area contributed by atoms with Gasteiger partial charge in [-0.3, -0.25) is 0 Å². The van der Waals surface area contributed by atoms with Crippen LogP contribution in [0, 0.1) is 11.3 Å². The largest absolute Gasteiger partial charge is 0.373 e. The molecule has 0 bridgehead atoms. The molecule has 0 aromatic rings. The maximum atomic E-state index is 9.56. The van der Waals surface area contributed by atoms with E-state index in [1.807, 2.05) is 6.92 Å². The van der Waals surface area contributed by atoms with Crippen molar-refractivity contribution in [2.24, 2.45) is 22.8 Å². The number of hydrogen-bond acceptors (Lipinski definition) is 6. The molecule has 4 saturated heterocycles. The molecular weight excluding hydrogens is 320 g/mol. The average molecular weight is 355 g/mol. The molecule has 5 aliphatic rings. The van der Waals surface area contributed by atoms with Gasteiger partial charge in [0, 0.05) is 20.6 Å². The Bertz CT molecular complexity index is 635. The van der Waals surface area contributed by atoms with E-state index < -0.39 is 28.8 Å². The van der Waals surface area contributed by atoms with E-state index in [0.717, 1.165) is 0 Å². The van der Waals surface area contributed by atoms with Crippen LogP contribution >= 0.6 is 0 Å². The molecule has 0 spiro atoms. The third-order valence-corrected chi connectivity index (χ3v) is 6.90. The van der Waals surface area contributed by atoms with E-state index >= 15 is 0 Å². The first-order valence-electron chi connectivity index (χ1n) is 11.1. The second-order valence-corrected chi connectivity index (χ2v) is 8.94. The van der Waals surface area contributed by atoms with Gasteiger partial charge in [-0.25, -0.2) is 0 Å². The first-order valence-corrected chi connectivity index (χ1v) is 9.56. The number of epoxide rings is 4. The van der Waals surface area contributed by atoms with Crippen molar-refractivity contribution < 1.29 is 23.1 Å². The third kappa shape index (κ3) is 3.05. The van der Waals surface area contributed by atoms with Gasteiger partial charge in [-0.2, -0.15) is 0 Å². The molecule has 6 heteroatoms. The van der Waals surface area contributed by atoms with Gasteiger partial charge in [0.2, 0.25) is 0 Å². The minimum Gasteiger partial charge on any atom is -0.373 e. The summed E-state index contributed by atoms with van der Waals surface area (Å²) >= 11 is 0. The molecule has 25 heavy (non-hydrogen) atoms. The van der Waals surface area contributed by atoms with Crippen molar-refractivity contribution in [3.05, 3.63) is 0 Å². The van der Waals surface area contributed by atoms with Crippen molar-refractivity contribution in [3.63, 3.8) is 0 Å². The molecule has 0 radical (unpaired) electrons. The van der Waals surface area contributed by atoms with Crippen LogP contribution in [0.1, 0.15) is 49.5 Å². The topological polar surface area (TPSA) is 102 Å². The van der Waals surface area contributed by atoms with Gasteiger partial charge in [-0.1, -0.05) is 0 Å². The Morgan fingerprint density at radius 1 is 0.920 bits per heavy atom. The van der Waals surface area contributed by atoms with Gasteiger partial charge in [0.1, 0.15) is 0 Å². The van der Waals surface area contributed by atoms with Crippen molar-refractivity contribution in [3.8, 4) is 0 Å². The Morgan fingerprint density at radius 2 is 1.40 bits per heavy atom. The Kier molecular flexibility index (Phi) is 3.12. The molecular formula is C19H32N2O4. The Morgan fingerprint density at radius 3 is 1.88 bits per heavy atom. The lowest BCUT2D eigenvalue weighted by molar-refractivity contribution is -0.0849. The van der Waals surface area contributed by atoms with Crippen LogP contribution in [0.5, 0.6) is 0 Å². The Hall–Kier alpha value is -0.240. The van der Waals surface area contributed by atoms with Crippen LogP contribution in [0.2, 0.25) is 0 Å². The van der Waals surface area contributed by atoms with Gasteiger partial charge >= 0.3 is 0 Å². The van der Waals surface area contributed by atoms with Crippen molar-refractivity contribution in [2.75, 3.05) is 26.4 Å². The Balaban J connectivity index is 1.65. The lowest BCUT2D eigenvalue weighted by atomic mass is 9.45. The van der Waals surface area contributed by atoms with Gasteiger partial charge in [0.15, 0.2) is 0 Å². The van der Waals surface area contributed by atoms with Gasteiger partial charge in [0.25, 0.3) is 0 Å². The molecule has 4 N–H and O–H groups in total. The molecule has 1 aliphatic carbocycles. The summed E-state index contributed by atoms with van der Waals surface area (Å²) in [5.74, 6) is -1.53. The van der Waals surface area contributed by atoms with Crippen molar-refractivity contribution in [1.29, 1.82) is 0 Å². The van der Waals surface area contributed by atoms with Crippen molar-refractivity contribution in [1.82, 2.24) is 0 Å². The highest BCUT2D eigenvalue weighted by atomic mass is 16.6. The lowest BCUT2D eigenvalue weighted by Gasteiger charge is -2.63. The van der Waals surface area contributed by atoms with Gasteiger partial charge < -0.3 is 30.4 Å². The summed E-state index contributed by atoms with van der Waals surface area (Å²) in [5.41, 5.74) is 11.5. The molecule has 6 nitrogen and oxygen atoms in total. The number of hydrogen-bond donors (Lipinski definition) is 2. The summed E-state index contributed by atoms with van der Waals surface area (Å²) in [5, 5.41) is 0. The van der Waals surface area contributed by atoms with E-state index in [2.05, 4.69) is 0 Å². The highest BCUT2D eigenvalue weighted by molar-refractivity contribution is 5.22. The van der Waals surface area contributed by atoms with E-state index in [9.17, 15) is 1.37 Å². The third-order valence-electron chi connectivity index (χ3n) is 6.90.